The minimum absolute atomic E-state index is 0.0460. The van der Waals surface area contributed by atoms with E-state index in [4.69, 9.17) is 14.2 Å². The number of benzene rings is 1. The van der Waals surface area contributed by atoms with E-state index in [0.717, 1.165) is 56.8 Å². The maximum Gasteiger partial charge on any atom is 0.309 e. The molecule has 1 aliphatic rings. The van der Waals surface area contributed by atoms with Crippen LogP contribution in [-0.4, -0.2) is 50.8 Å². The Morgan fingerprint density at radius 3 is 2.60 bits per heavy atom. The molecule has 0 aromatic heterocycles. The van der Waals surface area contributed by atoms with Gasteiger partial charge in [0.25, 0.3) is 0 Å². The van der Waals surface area contributed by atoms with Crippen LogP contribution < -0.4 is 9.47 Å². The van der Waals surface area contributed by atoms with Gasteiger partial charge in [0.05, 0.1) is 19.6 Å². The quantitative estimate of drug-likeness (QED) is 0.640. The molecule has 1 heterocycles. The second kappa shape index (κ2) is 10.3. The normalized spacial score (nSPS) is 15.8. The van der Waals surface area contributed by atoms with Crippen LogP contribution in [0.1, 0.15) is 38.7 Å². The minimum atomic E-state index is -0.0460. The van der Waals surface area contributed by atoms with E-state index in [9.17, 15) is 4.79 Å². The zero-order chi connectivity index (χ0) is 18.1. The van der Waals surface area contributed by atoms with Crippen LogP contribution in [0.4, 0.5) is 0 Å². The van der Waals surface area contributed by atoms with Gasteiger partial charge in [-0.25, -0.2) is 0 Å². The molecule has 1 fully saturated rings. The van der Waals surface area contributed by atoms with Gasteiger partial charge in [-0.15, -0.1) is 0 Å². The summed E-state index contributed by atoms with van der Waals surface area (Å²) in [6.07, 6.45) is 3.90. The number of hydrogen-bond acceptors (Lipinski definition) is 5. The molecule has 25 heavy (non-hydrogen) atoms. The van der Waals surface area contributed by atoms with Crippen LogP contribution in [0.3, 0.4) is 0 Å². The van der Waals surface area contributed by atoms with E-state index in [0.29, 0.717) is 13.2 Å². The second-order valence-electron chi connectivity index (χ2n) is 6.45. The number of piperidine rings is 1. The Balaban J connectivity index is 1.75. The van der Waals surface area contributed by atoms with Crippen LogP contribution in [0.15, 0.2) is 18.2 Å². The summed E-state index contributed by atoms with van der Waals surface area (Å²) in [4.78, 5) is 14.1. The highest BCUT2D eigenvalue weighted by molar-refractivity contribution is 5.72. The first-order chi connectivity index (χ1) is 12.2. The van der Waals surface area contributed by atoms with E-state index in [2.05, 4.69) is 24.0 Å². The Labute approximate surface area is 151 Å². The molecule has 0 amide bonds. The lowest BCUT2D eigenvalue weighted by Gasteiger charge is -2.30. The maximum absolute atomic E-state index is 11.8. The molecule has 5 nitrogen and oxygen atoms in total. The molecule has 1 aliphatic heterocycles. The Morgan fingerprint density at radius 2 is 1.96 bits per heavy atom. The molecule has 0 bridgehead atoms. The number of nitrogens with zero attached hydrogens (tertiary/aromatic N) is 1. The number of aryl methyl sites for hydroxylation is 1. The summed E-state index contributed by atoms with van der Waals surface area (Å²) in [6.45, 7) is 7.79. The molecule has 0 spiro atoms. The van der Waals surface area contributed by atoms with Crippen LogP contribution in [0.25, 0.3) is 0 Å². The van der Waals surface area contributed by atoms with E-state index >= 15 is 0 Å². The molecule has 0 N–H and O–H groups in total. The molecule has 0 unspecified atom stereocenters. The Bertz CT molecular complexity index is 538. The Kier molecular flexibility index (Phi) is 8.06. The van der Waals surface area contributed by atoms with Crippen molar-refractivity contribution in [2.45, 2.75) is 39.5 Å². The van der Waals surface area contributed by atoms with E-state index in [1.807, 2.05) is 13.0 Å². The third kappa shape index (κ3) is 5.92. The second-order valence-corrected chi connectivity index (χ2v) is 6.45. The molecule has 140 valence electrons. The lowest BCUT2D eigenvalue weighted by atomic mass is 9.97. The van der Waals surface area contributed by atoms with Crippen molar-refractivity contribution in [3.8, 4) is 11.5 Å². The fourth-order valence-electron chi connectivity index (χ4n) is 3.21. The third-order valence-electron chi connectivity index (χ3n) is 4.64. The van der Waals surface area contributed by atoms with Crippen molar-refractivity contribution in [3.63, 3.8) is 0 Å². The van der Waals surface area contributed by atoms with Gasteiger partial charge in [-0.05, 0) is 57.0 Å². The summed E-state index contributed by atoms with van der Waals surface area (Å²) in [5.41, 5.74) is 1.27. The van der Waals surface area contributed by atoms with Crippen LogP contribution >= 0.6 is 0 Å². The first kappa shape index (κ1) is 19.6. The third-order valence-corrected chi connectivity index (χ3v) is 4.64. The van der Waals surface area contributed by atoms with Crippen molar-refractivity contribution in [1.82, 2.24) is 4.90 Å². The van der Waals surface area contributed by atoms with Gasteiger partial charge >= 0.3 is 5.97 Å². The molecule has 1 aromatic rings. The smallest absolute Gasteiger partial charge is 0.309 e. The van der Waals surface area contributed by atoms with E-state index < -0.39 is 0 Å². The van der Waals surface area contributed by atoms with Crippen LogP contribution in [0.2, 0.25) is 0 Å². The molecule has 2 rings (SSSR count). The monoisotopic (exact) mass is 349 g/mol. The Hall–Kier alpha value is -1.75. The standard InChI is InChI=1S/C20H31NO4/c1-4-6-16-7-8-18(19(15-16)23-3)25-14-13-21-11-9-17(10-12-21)20(22)24-5-2/h7-8,15,17H,4-6,9-14H2,1-3H3. The number of esters is 1. The molecule has 1 saturated heterocycles. The van der Waals surface area contributed by atoms with Crippen molar-refractivity contribution in [2.75, 3.05) is 40.0 Å². The van der Waals surface area contributed by atoms with Gasteiger partial charge in [-0.1, -0.05) is 19.4 Å². The SMILES string of the molecule is CCCc1ccc(OCCN2CCC(C(=O)OCC)CC2)c(OC)c1. The number of ether oxygens (including phenoxy) is 3. The first-order valence-corrected chi connectivity index (χ1v) is 9.36. The van der Waals surface area contributed by atoms with Gasteiger partial charge in [-0.2, -0.15) is 0 Å². The van der Waals surface area contributed by atoms with Gasteiger partial charge in [0.1, 0.15) is 6.61 Å². The fourth-order valence-corrected chi connectivity index (χ4v) is 3.21. The number of carbonyl (C=O) groups excluding carboxylic acids is 1. The van der Waals surface area contributed by atoms with Crippen molar-refractivity contribution in [2.24, 2.45) is 5.92 Å². The number of methoxy groups -OCH3 is 1. The summed E-state index contributed by atoms with van der Waals surface area (Å²) in [7, 11) is 1.68. The molecule has 0 radical (unpaired) electrons. The molecular weight excluding hydrogens is 318 g/mol. The molecule has 0 atom stereocenters. The van der Waals surface area contributed by atoms with Gasteiger partial charge in [0, 0.05) is 6.54 Å². The highest BCUT2D eigenvalue weighted by atomic mass is 16.5. The van der Waals surface area contributed by atoms with E-state index in [1.165, 1.54) is 5.56 Å². The number of rotatable bonds is 9. The fraction of sp³-hybridized carbons (Fsp3) is 0.650. The van der Waals surface area contributed by atoms with Crippen molar-refractivity contribution in [1.29, 1.82) is 0 Å². The number of hydrogen-bond donors (Lipinski definition) is 0. The van der Waals surface area contributed by atoms with Crippen LogP contribution in [0, 0.1) is 5.92 Å². The van der Waals surface area contributed by atoms with Crippen molar-refractivity contribution in [3.05, 3.63) is 23.8 Å². The highest BCUT2D eigenvalue weighted by Gasteiger charge is 2.25. The lowest BCUT2D eigenvalue weighted by Crippen LogP contribution is -2.39. The van der Waals surface area contributed by atoms with Gasteiger partial charge in [-0.3, -0.25) is 9.69 Å². The summed E-state index contributed by atoms with van der Waals surface area (Å²) in [5, 5.41) is 0. The topological polar surface area (TPSA) is 48.0 Å². The average molecular weight is 349 g/mol. The van der Waals surface area contributed by atoms with Gasteiger partial charge in [0.2, 0.25) is 0 Å². The number of carbonyl (C=O) groups is 1. The predicted molar refractivity (Wildman–Crippen MR) is 98.3 cm³/mol. The lowest BCUT2D eigenvalue weighted by molar-refractivity contribution is -0.149. The van der Waals surface area contributed by atoms with Crippen LogP contribution in [0.5, 0.6) is 11.5 Å². The largest absolute Gasteiger partial charge is 0.493 e. The summed E-state index contributed by atoms with van der Waals surface area (Å²) in [5.74, 6) is 1.61. The van der Waals surface area contributed by atoms with Gasteiger partial charge in [0.15, 0.2) is 11.5 Å². The van der Waals surface area contributed by atoms with Gasteiger partial charge < -0.3 is 14.2 Å². The van der Waals surface area contributed by atoms with E-state index in [-0.39, 0.29) is 11.9 Å². The molecule has 5 heteroatoms. The minimum Gasteiger partial charge on any atom is -0.493 e. The highest BCUT2D eigenvalue weighted by Crippen LogP contribution is 2.28. The predicted octanol–water partition coefficient (Wildman–Crippen LogP) is 3.30. The molecular formula is C20H31NO4. The van der Waals surface area contributed by atoms with Crippen molar-refractivity contribution >= 4 is 5.97 Å². The average Bonchev–Trinajstić information content (AvgIpc) is 2.63. The maximum atomic E-state index is 11.8. The molecule has 0 aliphatic carbocycles. The van der Waals surface area contributed by atoms with Crippen LogP contribution in [-0.2, 0) is 16.0 Å². The summed E-state index contributed by atoms with van der Waals surface area (Å²) < 4.78 is 16.5. The summed E-state index contributed by atoms with van der Waals surface area (Å²) in [6, 6.07) is 6.16. The zero-order valence-electron chi connectivity index (χ0n) is 15.8. The number of likely N-dealkylation sites (tertiary alicyclic amines) is 1. The van der Waals surface area contributed by atoms with Crippen molar-refractivity contribution < 1.29 is 19.0 Å². The van der Waals surface area contributed by atoms with E-state index in [1.54, 1.807) is 7.11 Å². The first-order valence-electron chi connectivity index (χ1n) is 9.36. The molecule has 1 aromatic carbocycles. The Morgan fingerprint density at radius 1 is 1.20 bits per heavy atom. The summed E-state index contributed by atoms with van der Waals surface area (Å²) >= 11 is 0. The zero-order valence-corrected chi connectivity index (χ0v) is 15.8. The molecule has 0 saturated carbocycles.